The Balaban J connectivity index is 0.000000538. The highest BCUT2D eigenvalue weighted by Crippen LogP contribution is 2.18. The molecule has 0 bridgehead atoms. The smallest absolute Gasteiger partial charge is 0.123 e. The van der Waals surface area contributed by atoms with E-state index < -0.39 is 0 Å². The molecule has 3 aliphatic rings. The molecule has 0 atom stereocenters. The molecule has 1 aromatic rings. The molecule has 0 spiro atoms. The first-order chi connectivity index (χ1) is 19.4. The van der Waals surface area contributed by atoms with Crippen LogP contribution in [-0.2, 0) is 0 Å². The summed E-state index contributed by atoms with van der Waals surface area (Å²) in [5.41, 5.74) is 13.3. The van der Waals surface area contributed by atoms with E-state index in [2.05, 4.69) is 46.1 Å². The number of nitrogens with zero attached hydrogens (tertiary/aromatic N) is 3. The summed E-state index contributed by atoms with van der Waals surface area (Å²) in [5.74, 6) is 0.546. The van der Waals surface area contributed by atoms with Gasteiger partial charge in [-0.1, -0.05) is 26.0 Å². The summed E-state index contributed by atoms with van der Waals surface area (Å²) in [6, 6.07) is 6.73. The van der Waals surface area contributed by atoms with E-state index in [-0.39, 0.29) is 5.82 Å². The van der Waals surface area contributed by atoms with Gasteiger partial charge < -0.3 is 27.0 Å². The Kier molecular flexibility index (Phi) is 23.0. The van der Waals surface area contributed by atoms with E-state index in [0.29, 0.717) is 6.04 Å². The van der Waals surface area contributed by atoms with Crippen LogP contribution >= 0.6 is 0 Å². The molecule has 6 N–H and O–H groups in total. The molecule has 3 heterocycles. The van der Waals surface area contributed by atoms with Crippen molar-refractivity contribution in [3.63, 3.8) is 0 Å². The second-order valence-corrected chi connectivity index (χ2v) is 9.32. The number of halogens is 1. The zero-order chi connectivity index (χ0) is 30.0. The molecule has 8 heteroatoms. The standard InChI is InChI=1S/C13H13FN2.C7H13N.C5H12N2.C5H10N2.C2H6/c1-15-13(10-16-8-2-3-9-16)11-4-6-12(14)7-5-11;1-2-7-3-5-8-6-4-7;6-5-1-3-7-4-2-5;1-5(6)3-4-7-2;1-2/h2,4-8,10H,1,3,9H2;2,7-8H,1,3-6H2;5,7H,1-4,6H2;3-4H,6H2,1-2H3;1-2H3/b13-10-;;;5-3-,7-4?;. The van der Waals surface area contributed by atoms with Crippen LogP contribution in [0, 0.1) is 11.7 Å². The van der Waals surface area contributed by atoms with Crippen LogP contribution in [0.1, 0.15) is 58.4 Å². The van der Waals surface area contributed by atoms with Crippen LogP contribution in [0.15, 0.2) is 77.2 Å². The highest BCUT2D eigenvalue weighted by Gasteiger charge is 2.07. The number of benzene rings is 1. The zero-order valence-electron chi connectivity index (χ0n) is 25.3. The van der Waals surface area contributed by atoms with E-state index in [4.69, 9.17) is 11.5 Å². The maximum atomic E-state index is 12.8. The molecule has 0 aliphatic carbocycles. The molecule has 224 valence electrons. The number of hydrogen-bond acceptors (Lipinski definition) is 7. The van der Waals surface area contributed by atoms with Gasteiger partial charge >= 0.3 is 0 Å². The number of nitrogens with two attached hydrogens (primary N) is 2. The molecule has 7 nitrogen and oxygen atoms in total. The van der Waals surface area contributed by atoms with Gasteiger partial charge in [-0.15, -0.1) is 6.58 Å². The molecule has 0 radical (unpaired) electrons. The van der Waals surface area contributed by atoms with Gasteiger partial charge in [0.1, 0.15) is 5.82 Å². The van der Waals surface area contributed by atoms with E-state index >= 15 is 0 Å². The fourth-order valence-corrected chi connectivity index (χ4v) is 3.72. The lowest BCUT2D eigenvalue weighted by Gasteiger charge is -2.18. The molecule has 4 rings (SSSR count). The number of allylic oxidation sites excluding steroid dienone is 3. The zero-order valence-corrected chi connectivity index (χ0v) is 25.3. The van der Waals surface area contributed by atoms with Gasteiger partial charge in [0.05, 0.1) is 5.70 Å². The van der Waals surface area contributed by atoms with Crippen molar-refractivity contribution in [3.8, 4) is 0 Å². The summed E-state index contributed by atoms with van der Waals surface area (Å²) >= 11 is 0. The van der Waals surface area contributed by atoms with Crippen molar-refractivity contribution < 1.29 is 4.39 Å². The second kappa shape index (κ2) is 24.9. The van der Waals surface area contributed by atoms with Gasteiger partial charge in [-0.25, -0.2) is 4.39 Å². The first-order valence-electron chi connectivity index (χ1n) is 14.4. The van der Waals surface area contributed by atoms with Crippen LogP contribution in [0.3, 0.4) is 0 Å². The van der Waals surface area contributed by atoms with Crippen LogP contribution in [0.25, 0.3) is 5.70 Å². The average Bonchev–Trinajstić information content (AvgIpc) is 3.51. The van der Waals surface area contributed by atoms with Gasteiger partial charge in [0.2, 0.25) is 0 Å². The lowest BCUT2D eigenvalue weighted by atomic mass is 9.99. The van der Waals surface area contributed by atoms with Crippen molar-refractivity contribution in [2.45, 2.75) is 58.9 Å². The Hall–Kier alpha value is -3.07. The fraction of sp³-hybridized carbons (Fsp3) is 0.500. The van der Waals surface area contributed by atoms with Crippen molar-refractivity contribution in [2.24, 2.45) is 27.4 Å². The molecular weight excluding hydrogens is 501 g/mol. The van der Waals surface area contributed by atoms with Crippen molar-refractivity contribution in [1.82, 2.24) is 15.5 Å². The van der Waals surface area contributed by atoms with Gasteiger partial charge in [-0.05, 0) is 114 Å². The molecule has 0 amide bonds. The lowest BCUT2D eigenvalue weighted by molar-refractivity contribution is 0.437. The van der Waals surface area contributed by atoms with Crippen LogP contribution < -0.4 is 22.1 Å². The van der Waals surface area contributed by atoms with Gasteiger partial charge in [-0.3, -0.25) is 9.98 Å². The van der Waals surface area contributed by atoms with Crippen LogP contribution in [-0.4, -0.2) is 63.6 Å². The minimum atomic E-state index is -0.242. The average molecular weight is 556 g/mol. The highest BCUT2D eigenvalue weighted by atomic mass is 19.1. The largest absolute Gasteiger partial charge is 0.402 e. The molecular formula is C32H54FN7. The topological polar surface area (TPSA) is 104 Å². The lowest BCUT2D eigenvalue weighted by Crippen LogP contribution is -2.35. The first kappa shape index (κ1) is 36.9. The number of hydrogen-bond donors (Lipinski definition) is 4. The Bertz CT molecular complexity index is 890. The quantitative estimate of drug-likeness (QED) is 0.284. The number of nitrogens with one attached hydrogen (secondary N) is 2. The normalized spacial score (nSPS) is 17.7. The SMILES string of the molecule is C=CC1CCNCC1.C=N/C(=C\N1C=CCC1)c1ccc(F)cc1.CC.CN=C/C=C(/C)N.NC1CCNCC1. The summed E-state index contributed by atoms with van der Waals surface area (Å²) in [6.07, 6.45) is 17.4. The third-order valence-electron chi connectivity index (χ3n) is 6.04. The number of piperidine rings is 2. The van der Waals surface area contributed by atoms with Crippen molar-refractivity contribution >= 4 is 18.6 Å². The highest BCUT2D eigenvalue weighted by molar-refractivity contribution is 5.71. The molecule has 0 aromatic heterocycles. The molecule has 0 unspecified atom stereocenters. The molecule has 3 aliphatic heterocycles. The second-order valence-electron chi connectivity index (χ2n) is 9.32. The predicted octanol–water partition coefficient (Wildman–Crippen LogP) is 5.49. The van der Waals surface area contributed by atoms with Gasteiger partial charge in [0, 0.05) is 43.3 Å². The monoisotopic (exact) mass is 555 g/mol. The van der Waals surface area contributed by atoms with Crippen molar-refractivity contribution in [3.05, 3.63) is 78.6 Å². The van der Waals surface area contributed by atoms with E-state index in [0.717, 1.165) is 61.8 Å². The minimum absolute atomic E-state index is 0.242. The molecule has 0 saturated carbocycles. The first-order valence-corrected chi connectivity index (χ1v) is 14.4. The van der Waals surface area contributed by atoms with E-state index in [1.807, 2.05) is 38.1 Å². The minimum Gasteiger partial charge on any atom is -0.402 e. The van der Waals surface area contributed by atoms with Crippen LogP contribution in [0.4, 0.5) is 4.39 Å². The molecule has 2 fully saturated rings. The van der Waals surface area contributed by atoms with Gasteiger partial charge in [0.25, 0.3) is 0 Å². The van der Waals surface area contributed by atoms with E-state index in [9.17, 15) is 4.39 Å². The summed E-state index contributed by atoms with van der Waals surface area (Å²) in [6.45, 7) is 18.7. The van der Waals surface area contributed by atoms with Crippen molar-refractivity contribution in [2.75, 3.05) is 39.8 Å². The van der Waals surface area contributed by atoms with Gasteiger partial charge in [0.15, 0.2) is 0 Å². The third kappa shape index (κ3) is 19.1. The summed E-state index contributed by atoms with van der Waals surface area (Å²) in [4.78, 5) is 9.71. The van der Waals surface area contributed by atoms with Gasteiger partial charge in [-0.2, -0.15) is 0 Å². The Morgan fingerprint density at radius 2 is 1.62 bits per heavy atom. The van der Waals surface area contributed by atoms with E-state index in [1.54, 1.807) is 31.5 Å². The van der Waals surface area contributed by atoms with Crippen LogP contribution in [0.5, 0.6) is 0 Å². The van der Waals surface area contributed by atoms with Crippen LogP contribution in [0.2, 0.25) is 0 Å². The Morgan fingerprint density at radius 1 is 1.05 bits per heavy atom. The summed E-state index contributed by atoms with van der Waals surface area (Å²) < 4.78 is 12.8. The predicted molar refractivity (Wildman–Crippen MR) is 174 cm³/mol. The summed E-state index contributed by atoms with van der Waals surface area (Å²) in [7, 11) is 1.71. The maximum absolute atomic E-state index is 12.8. The molecule has 1 aromatic carbocycles. The third-order valence-corrected chi connectivity index (χ3v) is 6.04. The fourth-order valence-electron chi connectivity index (χ4n) is 3.72. The summed E-state index contributed by atoms with van der Waals surface area (Å²) in [5, 5.41) is 6.54. The maximum Gasteiger partial charge on any atom is 0.123 e. The molecule has 2 saturated heterocycles. The Morgan fingerprint density at radius 3 is 1.98 bits per heavy atom. The van der Waals surface area contributed by atoms with Crippen molar-refractivity contribution in [1.29, 1.82) is 0 Å². The Labute approximate surface area is 243 Å². The number of rotatable bonds is 5. The molecule has 40 heavy (non-hydrogen) atoms. The number of aliphatic imine (C=N–C) groups is 2. The van der Waals surface area contributed by atoms with E-state index in [1.165, 1.54) is 38.1 Å².